The predicted octanol–water partition coefficient (Wildman–Crippen LogP) is 4.69. The number of benzene rings is 2. The molecule has 4 rings (SSSR count). The molecule has 0 unspecified atom stereocenters. The summed E-state index contributed by atoms with van der Waals surface area (Å²) in [5, 5.41) is 3.26. The quantitative estimate of drug-likeness (QED) is 0.670. The second-order valence-electron chi connectivity index (χ2n) is 6.22. The minimum atomic E-state index is -0.471. The zero-order valence-corrected chi connectivity index (χ0v) is 15.4. The molecule has 0 aliphatic heterocycles. The van der Waals surface area contributed by atoms with Crippen LogP contribution in [0.4, 0.5) is 9.39 Å². The van der Waals surface area contributed by atoms with Gasteiger partial charge >= 0.3 is 5.97 Å². The molecule has 3 aromatic rings. The lowest BCUT2D eigenvalue weighted by Crippen LogP contribution is -2.15. The molecular formula is C21H16FNO3S. The van der Waals surface area contributed by atoms with Crippen LogP contribution >= 0.6 is 11.3 Å². The monoisotopic (exact) mass is 381 g/mol. The van der Waals surface area contributed by atoms with Crippen molar-refractivity contribution in [2.45, 2.75) is 12.8 Å². The Morgan fingerprint density at radius 3 is 2.56 bits per heavy atom. The molecule has 1 aliphatic carbocycles. The van der Waals surface area contributed by atoms with Crippen molar-refractivity contribution >= 4 is 28.2 Å². The van der Waals surface area contributed by atoms with E-state index in [0.717, 1.165) is 22.4 Å². The van der Waals surface area contributed by atoms with Crippen LogP contribution in [0.3, 0.4) is 0 Å². The molecule has 1 N–H and O–H groups in total. The van der Waals surface area contributed by atoms with E-state index in [2.05, 4.69) is 11.4 Å². The normalized spacial score (nSPS) is 12.1. The number of hydrogen-bond donors (Lipinski definition) is 1. The number of esters is 1. The molecule has 6 heteroatoms. The van der Waals surface area contributed by atoms with Crippen molar-refractivity contribution in [2.75, 3.05) is 12.4 Å². The average Bonchev–Trinajstić information content (AvgIpc) is 3.06. The van der Waals surface area contributed by atoms with Gasteiger partial charge in [-0.25, -0.2) is 9.18 Å². The highest BCUT2D eigenvalue weighted by atomic mass is 32.1. The summed E-state index contributed by atoms with van der Waals surface area (Å²) in [7, 11) is 1.33. The first-order valence-corrected chi connectivity index (χ1v) is 9.29. The lowest BCUT2D eigenvalue weighted by atomic mass is 9.89. The van der Waals surface area contributed by atoms with E-state index in [1.165, 1.54) is 48.3 Å². The third-order valence-electron chi connectivity index (χ3n) is 4.64. The Bertz CT molecular complexity index is 1040. The smallest absolute Gasteiger partial charge is 0.341 e. The van der Waals surface area contributed by atoms with E-state index in [0.29, 0.717) is 22.5 Å². The van der Waals surface area contributed by atoms with E-state index in [-0.39, 0.29) is 0 Å². The van der Waals surface area contributed by atoms with Crippen molar-refractivity contribution in [1.82, 2.24) is 0 Å². The number of anilines is 1. The van der Waals surface area contributed by atoms with Crippen LogP contribution in [-0.4, -0.2) is 19.0 Å². The van der Waals surface area contributed by atoms with Crippen LogP contribution in [0.1, 0.15) is 31.8 Å². The van der Waals surface area contributed by atoms with Gasteiger partial charge in [-0.05, 0) is 53.8 Å². The molecule has 0 saturated carbocycles. The molecule has 1 aliphatic rings. The van der Waals surface area contributed by atoms with Gasteiger partial charge in [-0.2, -0.15) is 0 Å². The van der Waals surface area contributed by atoms with Gasteiger partial charge in [0.1, 0.15) is 10.8 Å². The maximum absolute atomic E-state index is 13.1. The van der Waals surface area contributed by atoms with Crippen LogP contribution < -0.4 is 5.32 Å². The number of nitrogens with one attached hydrogen (secondary N) is 1. The van der Waals surface area contributed by atoms with Crippen molar-refractivity contribution < 1.29 is 18.7 Å². The van der Waals surface area contributed by atoms with Gasteiger partial charge in [-0.1, -0.05) is 24.3 Å². The Morgan fingerprint density at radius 1 is 1.07 bits per heavy atom. The summed E-state index contributed by atoms with van der Waals surface area (Å²) in [6, 6.07) is 13.3. The summed E-state index contributed by atoms with van der Waals surface area (Å²) in [5.41, 5.74) is 3.93. The molecule has 4 nitrogen and oxygen atoms in total. The van der Waals surface area contributed by atoms with Crippen LogP contribution in [0.5, 0.6) is 0 Å². The van der Waals surface area contributed by atoms with Crippen molar-refractivity contribution in [3.8, 4) is 10.4 Å². The maximum atomic E-state index is 13.1. The van der Waals surface area contributed by atoms with E-state index < -0.39 is 17.7 Å². The molecule has 1 heterocycles. The topological polar surface area (TPSA) is 55.4 Å². The van der Waals surface area contributed by atoms with Gasteiger partial charge in [-0.3, -0.25) is 4.79 Å². The molecule has 0 fully saturated rings. The summed E-state index contributed by atoms with van der Waals surface area (Å²) in [6.45, 7) is 0. The summed E-state index contributed by atoms with van der Waals surface area (Å²) >= 11 is 1.37. The molecule has 1 amide bonds. The molecule has 27 heavy (non-hydrogen) atoms. The van der Waals surface area contributed by atoms with Gasteiger partial charge in [-0.15, -0.1) is 11.3 Å². The fourth-order valence-corrected chi connectivity index (χ4v) is 4.62. The zero-order chi connectivity index (χ0) is 19.0. The van der Waals surface area contributed by atoms with Crippen molar-refractivity contribution in [1.29, 1.82) is 0 Å². The molecular weight excluding hydrogens is 365 g/mol. The number of aryl methyl sites for hydroxylation is 1. The Labute approximate surface area is 159 Å². The van der Waals surface area contributed by atoms with Gasteiger partial charge < -0.3 is 10.1 Å². The van der Waals surface area contributed by atoms with Gasteiger partial charge in [0.05, 0.1) is 12.7 Å². The fraction of sp³-hybridized carbons (Fsp3) is 0.143. The van der Waals surface area contributed by atoms with Crippen LogP contribution in [0, 0.1) is 5.82 Å². The number of rotatable bonds is 3. The predicted molar refractivity (Wildman–Crippen MR) is 103 cm³/mol. The maximum Gasteiger partial charge on any atom is 0.341 e. The SMILES string of the molecule is COC(=O)c1c(NC(=O)c2ccc(F)cc2)sc2c1CCc1ccccc1-2. The first kappa shape index (κ1) is 17.4. The van der Waals surface area contributed by atoms with Gasteiger partial charge in [0.15, 0.2) is 0 Å². The Balaban J connectivity index is 1.77. The van der Waals surface area contributed by atoms with E-state index in [1.807, 2.05) is 18.2 Å². The summed E-state index contributed by atoms with van der Waals surface area (Å²) < 4.78 is 18.1. The average molecular weight is 381 g/mol. The molecule has 0 spiro atoms. The lowest BCUT2D eigenvalue weighted by molar-refractivity contribution is 0.0601. The van der Waals surface area contributed by atoms with E-state index in [9.17, 15) is 14.0 Å². The van der Waals surface area contributed by atoms with Crippen molar-refractivity contribution in [2.24, 2.45) is 0 Å². The summed E-state index contributed by atoms with van der Waals surface area (Å²) in [6.07, 6.45) is 1.54. The summed E-state index contributed by atoms with van der Waals surface area (Å²) in [5.74, 6) is -1.28. The van der Waals surface area contributed by atoms with E-state index in [4.69, 9.17) is 4.74 Å². The number of fused-ring (bicyclic) bond motifs is 3. The lowest BCUT2D eigenvalue weighted by Gasteiger charge is -2.16. The van der Waals surface area contributed by atoms with Crippen LogP contribution in [-0.2, 0) is 17.6 Å². The van der Waals surface area contributed by atoms with Crippen molar-refractivity contribution in [3.05, 3.63) is 76.6 Å². The number of carbonyl (C=O) groups is 2. The molecule has 2 aromatic carbocycles. The van der Waals surface area contributed by atoms with Gasteiger partial charge in [0.2, 0.25) is 0 Å². The van der Waals surface area contributed by atoms with Crippen LogP contribution in [0.25, 0.3) is 10.4 Å². The number of carbonyl (C=O) groups excluding carboxylic acids is 2. The minimum absolute atomic E-state index is 0.319. The summed E-state index contributed by atoms with van der Waals surface area (Å²) in [4.78, 5) is 26.0. The van der Waals surface area contributed by atoms with Gasteiger partial charge in [0, 0.05) is 10.4 Å². The van der Waals surface area contributed by atoms with E-state index in [1.54, 1.807) is 0 Å². The van der Waals surface area contributed by atoms with Crippen LogP contribution in [0.15, 0.2) is 48.5 Å². The first-order chi connectivity index (χ1) is 13.1. The zero-order valence-electron chi connectivity index (χ0n) is 14.5. The Morgan fingerprint density at radius 2 is 1.81 bits per heavy atom. The largest absolute Gasteiger partial charge is 0.465 e. The second-order valence-corrected chi connectivity index (χ2v) is 7.24. The Hall–Kier alpha value is -2.99. The molecule has 136 valence electrons. The number of thiophene rings is 1. The third-order valence-corrected chi connectivity index (χ3v) is 5.82. The highest BCUT2D eigenvalue weighted by Gasteiger charge is 2.29. The number of hydrogen-bond acceptors (Lipinski definition) is 4. The number of amides is 1. The van der Waals surface area contributed by atoms with Crippen molar-refractivity contribution in [3.63, 3.8) is 0 Å². The highest BCUT2D eigenvalue weighted by molar-refractivity contribution is 7.20. The molecule has 0 atom stereocenters. The fourth-order valence-electron chi connectivity index (χ4n) is 3.32. The standard InChI is InChI=1S/C21H16FNO3S/c1-26-21(25)17-16-11-8-12-4-2-3-5-15(12)18(16)27-20(17)23-19(24)13-6-9-14(22)10-7-13/h2-7,9-10H,8,11H2,1H3,(H,23,24). The number of ether oxygens (including phenoxy) is 1. The van der Waals surface area contributed by atoms with Crippen LogP contribution in [0.2, 0.25) is 0 Å². The number of methoxy groups -OCH3 is 1. The highest BCUT2D eigenvalue weighted by Crippen LogP contribution is 2.45. The van der Waals surface area contributed by atoms with E-state index >= 15 is 0 Å². The third kappa shape index (κ3) is 3.13. The molecule has 0 saturated heterocycles. The first-order valence-electron chi connectivity index (χ1n) is 8.47. The minimum Gasteiger partial charge on any atom is -0.465 e. The Kier molecular flexibility index (Phi) is 4.49. The second kappa shape index (κ2) is 6.96. The molecule has 0 radical (unpaired) electrons. The molecule has 0 bridgehead atoms. The molecule has 1 aromatic heterocycles. The van der Waals surface area contributed by atoms with Gasteiger partial charge in [0.25, 0.3) is 5.91 Å². The number of halogens is 1.